The molecular weight excluding hydrogens is 202 g/mol. The summed E-state index contributed by atoms with van der Waals surface area (Å²) in [7, 11) is 0. The summed E-state index contributed by atoms with van der Waals surface area (Å²) in [6.07, 6.45) is 3.62. The first-order chi connectivity index (χ1) is 7.84. The van der Waals surface area contributed by atoms with Crippen LogP contribution in [0.5, 0.6) is 0 Å². The zero-order valence-electron chi connectivity index (χ0n) is 8.98. The lowest BCUT2D eigenvalue weighted by Crippen LogP contribution is -2.25. The molecule has 1 aromatic carbocycles. The highest BCUT2D eigenvalue weighted by Crippen LogP contribution is 2.49. The predicted octanol–water partition coefficient (Wildman–Crippen LogP) is 2.13. The van der Waals surface area contributed by atoms with E-state index in [1.807, 2.05) is 0 Å². The van der Waals surface area contributed by atoms with Gasteiger partial charge in [0.1, 0.15) is 0 Å². The van der Waals surface area contributed by atoms with Crippen LogP contribution < -0.4 is 0 Å². The Morgan fingerprint density at radius 3 is 2.38 bits per heavy atom. The monoisotopic (exact) mass is 215 g/mol. The van der Waals surface area contributed by atoms with Gasteiger partial charge in [-0.05, 0) is 24.0 Å². The summed E-state index contributed by atoms with van der Waals surface area (Å²) in [5, 5.41) is 0. The van der Waals surface area contributed by atoms with Crippen molar-refractivity contribution in [2.24, 2.45) is 4.99 Å². The second kappa shape index (κ2) is 3.55. The van der Waals surface area contributed by atoms with Gasteiger partial charge in [-0.25, -0.2) is 4.79 Å². The number of isocyanates is 1. The molecule has 1 aliphatic carbocycles. The summed E-state index contributed by atoms with van der Waals surface area (Å²) >= 11 is 0. The maximum Gasteiger partial charge on any atom is 0.235 e. The number of aliphatic imine (C=N–C) groups is 1. The molecule has 82 valence electrons. The van der Waals surface area contributed by atoms with Gasteiger partial charge in [0.25, 0.3) is 0 Å². The Labute approximate surface area is 94.1 Å². The van der Waals surface area contributed by atoms with Crippen molar-refractivity contribution in [2.45, 2.75) is 24.3 Å². The number of rotatable bonds is 3. The van der Waals surface area contributed by atoms with Crippen LogP contribution in [0.4, 0.5) is 0 Å². The zero-order valence-corrected chi connectivity index (χ0v) is 8.98. The maximum atomic E-state index is 10.4. The van der Waals surface area contributed by atoms with Gasteiger partial charge in [-0.3, -0.25) is 0 Å². The van der Waals surface area contributed by atoms with E-state index in [0.29, 0.717) is 5.92 Å². The molecule has 2 aliphatic rings. The summed E-state index contributed by atoms with van der Waals surface area (Å²) in [6.45, 7) is 1.66. The molecule has 1 saturated carbocycles. The number of nitrogens with zero attached hydrogens (tertiary/aromatic N) is 1. The van der Waals surface area contributed by atoms with Crippen molar-refractivity contribution in [3.8, 4) is 0 Å². The van der Waals surface area contributed by atoms with Crippen molar-refractivity contribution < 1.29 is 9.53 Å². The van der Waals surface area contributed by atoms with Gasteiger partial charge in [0.05, 0.1) is 18.8 Å². The third-order valence-corrected chi connectivity index (χ3v) is 3.54. The molecule has 16 heavy (non-hydrogen) atoms. The molecular formula is C13H13NO2. The van der Waals surface area contributed by atoms with Crippen LogP contribution in [0, 0.1) is 0 Å². The van der Waals surface area contributed by atoms with Crippen molar-refractivity contribution in [1.29, 1.82) is 0 Å². The molecule has 3 heteroatoms. The number of hydrogen-bond donors (Lipinski definition) is 0. The minimum Gasteiger partial charge on any atom is -0.380 e. The summed E-state index contributed by atoms with van der Waals surface area (Å²) in [4.78, 5) is 14.3. The highest BCUT2D eigenvalue weighted by molar-refractivity contribution is 5.42. The van der Waals surface area contributed by atoms with Crippen LogP contribution in [0.25, 0.3) is 0 Å². The first-order valence-corrected chi connectivity index (χ1v) is 5.61. The molecule has 0 spiro atoms. The normalized spacial score (nSPS) is 22.0. The van der Waals surface area contributed by atoms with Crippen molar-refractivity contribution in [3.05, 3.63) is 35.4 Å². The Morgan fingerprint density at radius 2 is 1.94 bits per heavy atom. The minimum atomic E-state index is -0.240. The van der Waals surface area contributed by atoms with Crippen molar-refractivity contribution >= 4 is 6.08 Å². The van der Waals surface area contributed by atoms with Crippen LogP contribution in [-0.2, 0) is 15.1 Å². The fourth-order valence-corrected chi connectivity index (χ4v) is 2.16. The number of benzene rings is 1. The molecule has 0 aromatic heterocycles. The van der Waals surface area contributed by atoms with E-state index >= 15 is 0 Å². The van der Waals surface area contributed by atoms with Gasteiger partial charge in [0.15, 0.2) is 0 Å². The van der Waals surface area contributed by atoms with Crippen LogP contribution in [0.3, 0.4) is 0 Å². The molecule has 1 heterocycles. The third-order valence-electron chi connectivity index (χ3n) is 3.54. The summed E-state index contributed by atoms with van der Waals surface area (Å²) < 4.78 is 5.17. The lowest BCUT2D eigenvalue weighted by Gasteiger charge is -2.26. The van der Waals surface area contributed by atoms with Crippen LogP contribution >= 0.6 is 0 Å². The van der Waals surface area contributed by atoms with Crippen LogP contribution in [0.2, 0.25) is 0 Å². The van der Waals surface area contributed by atoms with Gasteiger partial charge in [-0.2, -0.15) is 4.99 Å². The average Bonchev–Trinajstić information content (AvgIpc) is 2.98. The van der Waals surface area contributed by atoms with E-state index in [-0.39, 0.29) is 5.54 Å². The first kappa shape index (κ1) is 9.76. The smallest absolute Gasteiger partial charge is 0.235 e. The maximum absolute atomic E-state index is 10.4. The van der Waals surface area contributed by atoms with Crippen LogP contribution in [-0.4, -0.2) is 19.3 Å². The van der Waals surface area contributed by atoms with Gasteiger partial charge in [-0.1, -0.05) is 24.3 Å². The van der Waals surface area contributed by atoms with Gasteiger partial charge >= 0.3 is 0 Å². The van der Waals surface area contributed by atoms with Crippen LogP contribution in [0.15, 0.2) is 29.3 Å². The Morgan fingerprint density at radius 1 is 1.25 bits per heavy atom. The molecule has 0 bridgehead atoms. The standard InChI is InChI=1S/C13H13NO2/c15-9-14-13(5-6-13)12-3-1-10(2-4-12)11-7-16-8-11/h1-4,11H,5-8H2. The van der Waals surface area contributed by atoms with E-state index in [1.54, 1.807) is 6.08 Å². The summed E-state index contributed by atoms with van der Waals surface area (Å²) in [5.74, 6) is 0.554. The molecule has 2 fully saturated rings. The molecule has 3 nitrogen and oxygen atoms in total. The van der Waals surface area contributed by atoms with E-state index in [0.717, 1.165) is 31.6 Å². The molecule has 0 radical (unpaired) electrons. The SMILES string of the molecule is O=C=NC1(c2ccc(C3COC3)cc2)CC1. The molecule has 0 amide bonds. The fraction of sp³-hybridized carbons (Fsp3) is 0.462. The summed E-state index contributed by atoms with van der Waals surface area (Å²) in [5.41, 5.74) is 2.22. The average molecular weight is 215 g/mol. The van der Waals surface area contributed by atoms with E-state index in [2.05, 4.69) is 29.3 Å². The zero-order chi connectivity index (χ0) is 11.0. The molecule has 1 aliphatic heterocycles. The van der Waals surface area contributed by atoms with Crippen molar-refractivity contribution in [3.63, 3.8) is 0 Å². The van der Waals surface area contributed by atoms with Gasteiger partial charge < -0.3 is 4.74 Å². The second-order valence-corrected chi connectivity index (χ2v) is 4.59. The number of hydrogen-bond acceptors (Lipinski definition) is 3. The molecule has 3 rings (SSSR count). The van der Waals surface area contributed by atoms with E-state index in [4.69, 9.17) is 4.74 Å². The minimum absolute atomic E-state index is 0.240. The quantitative estimate of drug-likeness (QED) is 0.572. The molecule has 1 aromatic rings. The van der Waals surface area contributed by atoms with E-state index in [1.165, 1.54) is 5.56 Å². The molecule has 1 saturated heterocycles. The van der Waals surface area contributed by atoms with Crippen molar-refractivity contribution in [1.82, 2.24) is 0 Å². The fourth-order valence-electron chi connectivity index (χ4n) is 2.16. The summed E-state index contributed by atoms with van der Waals surface area (Å²) in [6, 6.07) is 8.43. The Balaban J connectivity index is 1.84. The highest BCUT2D eigenvalue weighted by Gasteiger charge is 2.44. The lowest BCUT2D eigenvalue weighted by atomic mass is 9.95. The molecule has 0 N–H and O–H groups in total. The number of ether oxygens (including phenoxy) is 1. The van der Waals surface area contributed by atoms with Crippen molar-refractivity contribution in [2.75, 3.05) is 13.2 Å². The number of carbonyl (C=O) groups excluding carboxylic acids is 1. The Hall–Kier alpha value is -1.44. The molecule has 0 unspecified atom stereocenters. The largest absolute Gasteiger partial charge is 0.380 e. The lowest BCUT2D eigenvalue weighted by molar-refractivity contribution is 0.00841. The van der Waals surface area contributed by atoms with Gasteiger partial charge in [0.2, 0.25) is 6.08 Å². The Kier molecular flexibility index (Phi) is 2.16. The van der Waals surface area contributed by atoms with E-state index < -0.39 is 0 Å². The van der Waals surface area contributed by atoms with Gasteiger partial charge in [-0.15, -0.1) is 0 Å². The van der Waals surface area contributed by atoms with E-state index in [9.17, 15) is 4.79 Å². The second-order valence-electron chi connectivity index (χ2n) is 4.59. The first-order valence-electron chi connectivity index (χ1n) is 5.61. The van der Waals surface area contributed by atoms with Gasteiger partial charge in [0, 0.05) is 5.92 Å². The third kappa shape index (κ3) is 1.49. The predicted molar refractivity (Wildman–Crippen MR) is 59.0 cm³/mol. The highest BCUT2D eigenvalue weighted by atomic mass is 16.5. The Bertz CT molecular complexity index is 438. The topological polar surface area (TPSA) is 38.7 Å². The van der Waals surface area contributed by atoms with Crippen LogP contribution in [0.1, 0.15) is 29.9 Å². The molecule has 0 atom stereocenters.